The molecule has 0 radical (unpaired) electrons. The monoisotopic (exact) mass is 281 g/mol. The number of anilines is 2. The minimum atomic E-state index is -0.464. The summed E-state index contributed by atoms with van der Waals surface area (Å²) in [6.07, 6.45) is 0. The molecule has 21 heavy (non-hydrogen) atoms. The van der Waals surface area contributed by atoms with Crippen LogP contribution in [0.2, 0.25) is 0 Å². The van der Waals surface area contributed by atoms with Gasteiger partial charge in [-0.1, -0.05) is 36.4 Å². The Morgan fingerprint density at radius 3 is 2.24 bits per heavy atom. The van der Waals surface area contributed by atoms with Crippen LogP contribution in [0.5, 0.6) is 0 Å². The first-order valence-corrected chi connectivity index (χ1v) is 6.73. The van der Waals surface area contributed by atoms with E-state index in [1.807, 2.05) is 48.5 Å². The third-order valence-electron chi connectivity index (χ3n) is 3.33. The number of rotatable bonds is 3. The largest absolute Gasteiger partial charge is 0.324 e. The summed E-state index contributed by atoms with van der Waals surface area (Å²) in [6, 6.07) is 17.7. The van der Waals surface area contributed by atoms with Gasteiger partial charge in [-0.05, 0) is 24.3 Å². The van der Waals surface area contributed by atoms with Crippen molar-refractivity contribution in [2.24, 2.45) is 0 Å². The van der Waals surface area contributed by atoms with Gasteiger partial charge in [0.1, 0.15) is 6.04 Å². The van der Waals surface area contributed by atoms with Crippen LogP contribution in [-0.4, -0.2) is 24.5 Å². The molecule has 0 aliphatic carbocycles. The molecule has 0 saturated carbocycles. The van der Waals surface area contributed by atoms with Gasteiger partial charge in [0.2, 0.25) is 0 Å². The fourth-order valence-electron chi connectivity index (χ4n) is 2.22. The molecule has 1 atom stereocenters. The number of β-lactam (4-membered cyclic amide) rings is 1. The van der Waals surface area contributed by atoms with Crippen LogP contribution < -0.4 is 15.5 Å². The van der Waals surface area contributed by atoms with E-state index in [-0.39, 0.29) is 11.9 Å². The van der Waals surface area contributed by atoms with Crippen molar-refractivity contribution in [3.8, 4) is 0 Å². The zero-order valence-electron chi connectivity index (χ0n) is 11.3. The predicted octanol–water partition coefficient (Wildman–Crippen LogP) is 2.22. The maximum absolute atomic E-state index is 12.0. The van der Waals surface area contributed by atoms with Crippen molar-refractivity contribution in [1.82, 2.24) is 5.32 Å². The SMILES string of the molecule is O=C(Nc1ccccc1)NC1CN(c2ccccc2)C1=O. The Kier molecular flexibility index (Phi) is 3.55. The van der Waals surface area contributed by atoms with Crippen LogP contribution in [0.1, 0.15) is 0 Å². The molecule has 3 amide bonds. The first-order chi connectivity index (χ1) is 10.2. The first-order valence-electron chi connectivity index (χ1n) is 6.73. The molecular weight excluding hydrogens is 266 g/mol. The summed E-state index contributed by atoms with van der Waals surface area (Å²) < 4.78 is 0. The minimum Gasteiger partial charge on any atom is -0.324 e. The number of hydrogen-bond donors (Lipinski definition) is 2. The third-order valence-corrected chi connectivity index (χ3v) is 3.33. The molecule has 0 bridgehead atoms. The number of nitrogens with zero attached hydrogens (tertiary/aromatic N) is 1. The molecule has 2 aromatic carbocycles. The lowest BCUT2D eigenvalue weighted by Crippen LogP contribution is -2.64. The minimum absolute atomic E-state index is 0.0931. The maximum Gasteiger partial charge on any atom is 0.319 e. The van der Waals surface area contributed by atoms with Gasteiger partial charge in [-0.2, -0.15) is 0 Å². The molecule has 0 spiro atoms. The molecule has 5 heteroatoms. The van der Waals surface area contributed by atoms with E-state index in [1.54, 1.807) is 17.0 Å². The third kappa shape index (κ3) is 2.86. The number of urea groups is 1. The summed E-state index contributed by atoms with van der Waals surface area (Å²) in [7, 11) is 0. The van der Waals surface area contributed by atoms with Crippen molar-refractivity contribution in [2.45, 2.75) is 6.04 Å². The van der Waals surface area contributed by atoms with Crippen LogP contribution >= 0.6 is 0 Å². The van der Waals surface area contributed by atoms with Crippen molar-refractivity contribution in [3.05, 3.63) is 60.7 Å². The molecule has 5 nitrogen and oxygen atoms in total. The lowest BCUT2D eigenvalue weighted by Gasteiger charge is -2.38. The second-order valence-electron chi connectivity index (χ2n) is 4.80. The Bertz CT molecular complexity index is 643. The van der Waals surface area contributed by atoms with E-state index in [1.165, 1.54) is 0 Å². The van der Waals surface area contributed by atoms with E-state index in [4.69, 9.17) is 0 Å². The number of nitrogens with one attached hydrogen (secondary N) is 2. The molecular formula is C16H15N3O2. The topological polar surface area (TPSA) is 61.4 Å². The van der Waals surface area contributed by atoms with Gasteiger partial charge >= 0.3 is 6.03 Å². The van der Waals surface area contributed by atoms with Crippen LogP contribution in [0.25, 0.3) is 0 Å². The van der Waals surface area contributed by atoms with Gasteiger partial charge in [0, 0.05) is 11.4 Å². The van der Waals surface area contributed by atoms with E-state index in [2.05, 4.69) is 10.6 Å². The second-order valence-corrected chi connectivity index (χ2v) is 4.80. The molecule has 2 aromatic rings. The molecule has 1 saturated heterocycles. The second kappa shape index (κ2) is 5.66. The lowest BCUT2D eigenvalue weighted by atomic mass is 10.1. The van der Waals surface area contributed by atoms with Crippen LogP contribution in [0, 0.1) is 0 Å². The molecule has 2 N–H and O–H groups in total. The molecule has 1 aliphatic rings. The van der Waals surface area contributed by atoms with Crippen molar-refractivity contribution in [3.63, 3.8) is 0 Å². The van der Waals surface area contributed by atoms with Crippen molar-refractivity contribution in [2.75, 3.05) is 16.8 Å². The highest BCUT2D eigenvalue weighted by Gasteiger charge is 2.38. The van der Waals surface area contributed by atoms with Crippen LogP contribution in [-0.2, 0) is 4.79 Å². The number of benzene rings is 2. The summed E-state index contributed by atoms with van der Waals surface area (Å²) in [5, 5.41) is 5.37. The molecule has 106 valence electrons. The number of hydrogen-bond acceptors (Lipinski definition) is 2. The molecule has 1 unspecified atom stereocenters. The maximum atomic E-state index is 12.0. The Hall–Kier alpha value is -2.82. The fourth-order valence-corrected chi connectivity index (χ4v) is 2.22. The van der Waals surface area contributed by atoms with Crippen LogP contribution in [0.3, 0.4) is 0 Å². The van der Waals surface area contributed by atoms with Crippen LogP contribution in [0.15, 0.2) is 60.7 Å². The van der Waals surface area contributed by atoms with E-state index in [0.717, 1.165) is 5.69 Å². The summed E-state index contributed by atoms with van der Waals surface area (Å²) in [5.74, 6) is -0.0931. The van der Waals surface area contributed by atoms with Gasteiger partial charge in [0.15, 0.2) is 0 Å². The summed E-state index contributed by atoms with van der Waals surface area (Å²) in [4.78, 5) is 25.5. The zero-order valence-corrected chi connectivity index (χ0v) is 11.3. The summed E-state index contributed by atoms with van der Waals surface area (Å²) in [6.45, 7) is 0.491. The quantitative estimate of drug-likeness (QED) is 0.847. The summed E-state index contributed by atoms with van der Waals surface area (Å²) in [5.41, 5.74) is 1.55. The standard InChI is InChI=1S/C16H15N3O2/c20-15-14(11-19(15)13-9-5-2-6-10-13)18-16(21)17-12-7-3-1-4-8-12/h1-10,14H,11H2,(H2,17,18,21). The van der Waals surface area contributed by atoms with Gasteiger partial charge in [-0.15, -0.1) is 0 Å². The predicted molar refractivity (Wildman–Crippen MR) is 81.2 cm³/mol. The van der Waals surface area contributed by atoms with E-state index < -0.39 is 6.04 Å². The average molecular weight is 281 g/mol. The lowest BCUT2D eigenvalue weighted by molar-refractivity contribution is -0.124. The van der Waals surface area contributed by atoms with Gasteiger partial charge in [-0.3, -0.25) is 4.79 Å². The van der Waals surface area contributed by atoms with Gasteiger partial charge < -0.3 is 15.5 Å². The smallest absolute Gasteiger partial charge is 0.319 e. The number of carbonyl (C=O) groups is 2. The number of para-hydroxylation sites is 2. The van der Waals surface area contributed by atoms with Crippen LogP contribution in [0.4, 0.5) is 16.2 Å². The fraction of sp³-hybridized carbons (Fsp3) is 0.125. The zero-order chi connectivity index (χ0) is 14.7. The Morgan fingerprint density at radius 2 is 1.62 bits per heavy atom. The summed E-state index contributed by atoms with van der Waals surface area (Å²) >= 11 is 0. The van der Waals surface area contributed by atoms with Crippen molar-refractivity contribution in [1.29, 1.82) is 0 Å². The highest BCUT2D eigenvalue weighted by molar-refractivity contribution is 6.06. The number of carbonyl (C=O) groups excluding carboxylic acids is 2. The van der Waals surface area contributed by atoms with Gasteiger partial charge in [-0.25, -0.2) is 4.79 Å². The Morgan fingerprint density at radius 1 is 1.00 bits per heavy atom. The normalized spacial score (nSPS) is 17.0. The highest BCUT2D eigenvalue weighted by Crippen LogP contribution is 2.21. The van der Waals surface area contributed by atoms with E-state index >= 15 is 0 Å². The molecule has 1 aliphatic heterocycles. The molecule has 1 heterocycles. The van der Waals surface area contributed by atoms with Gasteiger partial charge in [0.25, 0.3) is 5.91 Å². The van der Waals surface area contributed by atoms with E-state index in [9.17, 15) is 9.59 Å². The highest BCUT2D eigenvalue weighted by atomic mass is 16.2. The Balaban J connectivity index is 1.54. The van der Waals surface area contributed by atoms with E-state index in [0.29, 0.717) is 12.2 Å². The molecule has 0 aromatic heterocycles. The van der Waals surface area contributed by atoms with Gasteiger partial charge in [0.05, 0.1) is 6.54 Å². The van der Waals surface area contributed by atoms with Crippen molar-refractivity contribution >= 4 is 23.3 Å². The molecule has 3 rings (SSSR count). The first kappa shape index (κ1) is 13.2. The van der Waals surface area contributed by atoms with Crippen molar-refractivity contribution < 1.29 is 9.59 Å². The Labute approximate surface area is 122 Å². The number of amides is 3. The average Bonchev–Trinajstić information content (AvgIpc) is 2.52. The molecule has 1 fully saturated rings.